The van der Waals surface area contributed by atoms with Crippen LogP contribution in [0.3, 0.4) is 0 Å². The van der Waals surface area contributed by atoms with Gasteiger partial charge in [0.25, 0.3) is 0 Å². The van der Waals surface area contributed by atoms with E-state index in [-0.39, 0.29) is 6.10 Å². The molecule has 2 aliphatic rings. The Labute approximate surface area is 283 Å². The lowest BCUT2D eigenvalue weighted by atomic mass is 9.85. The molecule has 1 fully saturated rings. The van der Waals surface area contributed by atoms with Crippen molar-refractivity contribution < 1.29 is 28.4 Å². The lowest BCUT2D eigenvalue weighted by Gasteiger charge is -2.39. The van der Waals surface area contributed by atoms with Crippen LogP contribution in [0.1, 0.15) is 58.7 Å². The van der Waals surface area contributed by atoms with E-state index in [4.69, 9.17) is 28.4 Å². The molecular weight excluding hydrogens is 600 g/mol. The van der Waals surface area contributed by atoms with Crippen LogP contribution in [-0.4, -0.2) is 19.8 Å². The minimum Gasteiger partial charge on any atom is -0.490 e. The van der Waals surface area contributed by atoms with Gasteiger partial charge in [-0.15, -0.1) is 0 Å². The molecule has 0 N–H and O–H groups in total. The molecule has 2 atom stereocenters. The molecule has 48 heavy (non-hydrogen) atoms. The van der Waals surface area contributed by atoms with Crippen LogP contribution >= 0.6 is 0 Å². The number of fused-ring (bicyclic) bond motifs is 1. The van der Waals surface area contributed by atoms with Gasteiger partial charge >= 0.3 is 0 Å². The van der Waals surface area contributed by atoms with E-state index in [1.54, 1.807) is 0 Å². The van der Waals surface area contributed by atoms with E-state index in [1.807, 2.05) is 72.8 Å². The minimum absolute atomic E-state index is 0.336. The minimum atomic E-state index is -0.745. The monoisotopic (exact) mass is 642 g/mol. The van der Waals surface area contributed by atoms with E-state index < -0.39 is 5.60 Å². The fourth-order valence-electron chi connectivity index (χ4n) is 6.46. The third-order valence-electron chi connectivity index (χ3n) is 8.99. The molecule has 6 heteroatoms. The summed E-state index contributed by atoms with van der Waals surface area (Å²) in [6.45, 7) is 3.05. The second kappa shape index (κ2) is 15.5. The summed E-state index contributed by atoms with van der Waals surface area (Å²) in [6, 6.07) is 42.9. The average Bonchev–Trinajstić information content (AvgIpc) is 3.57. The molecule has 5 aromatic rings. The molecule has 6 nitrogen and oxygen atoms in total. The summed E-state index contributed by atoms with van der Waals surface area (Å²) in [5.74, 6) is 2.02. The van der Waals surface area contributed by atoms with Crippen molar-refractivity contribution in [3.8, 4) is 17.2 Å². The van der Waals surface area contributed by atoms with Crippen molar-refractivity contribution in [2.45, 2.75) is 57.4 Å². The van der Waals surface area contributed by atoms with Gasteiger partial charge in [-0.2, -0.15) is 0 Å². The Balaban J connectivity index is 1.30. The predicted octanol–water partition coefficient (Wildman–Crippen LogP) is 9.11. The molecule has 2 unspecified atom stereocenters. The van der Waals surface area contributed by atoms with Crippen molar-refractivity contribution in [2.24, 2.45) is 0 Å². The van der Waals surface area contributed by atoms with Gasteiger partial charge in [0.05, 0.1) is 25.4 Å². The van der Waals surface area contributed by atoms with Gasteiger partial charge < -0.3 is 28.4 Å². The molecule has 0 bridgehead atoms. The van der Waals surface area contributed by atoms with Gasteiger partial charge in [-0.05, 0) is 47.6 Å². The Bertz CT molecular complexity index is 1720. The van der Waals surface area contributed by atoms with Gasteiger partial charge in [-0.1, -0.05) is 121 Å². The van der Waals surface area contributed by atoms with E-state index in [9.17, 15) is 0 Å². The largest absolute Gasteiger partial charge is 0.490 e. The highest BCUT2D eigenvalue weighted by Crippen LogP contribution is 2.53. The van der Waals surface area contributed by atoms with Crippen molar-refractivity contribution in [3.63, 3.8) is 0 Å². The Hall–Kier alpha value is -4.62. The quantitative estimate of drug-likeness (QED) is 0.120. The van der Waals surface area contributed by atoms with Gasteiger partial charge in [-0.3, -0.25) is 0 Å². The molecular formula is C42H42O6. The molecule has 2 aliphatic heterocycles. The van der Waals surface area contributed by atoms with Crippen LogP contribution in [-0.2, 0) is 46.2 Å². The SMILES string of the molecule is c1ccc(COCC2(c3cc4c(c(OCc5ccccc5)c3OCc3ccccc3)C(OCc3ccccc3)CO4)CCCCO2)cc1. The fraction of sp³-hybridized carbons (Fsp3) is 0.286. The number of ether oxygens (including phenoxy) is 6. The number of rotatable bonds is 14. The molecule has 246 valence electrons. The summed E-state index contributed by atoms with van der Waals surface area (Å²) in [7, 11) is 0. The number of hydrogen-bond acceptors (Lipinski definition) is 6. The smallest absolute Gasteiger partial charge is 0.171 e. The van der Waals surface area contributed by atoms with E-state index in [1.165, 1.54) is 0 Å². The van der Waals surface area contributed by atoms with Gasteiger partial charge in [0.15, 0.2) is 11.5 Å². The third kappa shape index (κ3) is 7.57. The van der Waals surface area contributed by atoms with E-state index in [0.717, 1.165) is 58.4 Å². The zero-order chi connectivity index (χ0) is 32.4. The number of hydrogen-bond donors (Lipinski definition) is 0. The summed E-state index contributed by atoms with van der Waals surface area (Å²) in [5.41, 5.74) is 5.34. The summed E-state index contributed by atoms with van der Waals surface area (Å²) in [6.07, 6.45) is 2.45. The first-order valence-electron chi connectivity index (χ1n) is 16.9. The second-order valence-corrected chi connectivity index (χ2v) is 12.4. The summed E-state index contributed by atoms with van der Waals surface area (Å²) in [4.78, 5) is 0. The topological polar surface area (TPSA) is 55.4 Å². The molecule has 0 aliphatic carbocycles. The standard InChI is InChI=1S/C42H42O6/c1-5-15-32(16-6-1)26-43-31-42(23-13-14-24-48-42)36-25-37-39(38(30-45-37)44-27-33-17-7-2-8-18-33)41(47-29-35-21-11-4-12-22-35)40(36)46-28-34-19-9-3-10-20-34/h1-12,15-22,25,38H,13-14,23-24,26-31H2. The molecule has 0 radical (unpaired) electrons. The predicted molar refractivity (Wildman–Crippen MR) is 185 cm³/mol. The first-order chi connectivity index (χ1) is 23.8. The van der Waals surface area contributed by atoms with Crippen molar-refractivity contribution in [1.29, 1.82) is 0 Å². The van der Waals surface area contributed by atoms with Crippen LogP contribution in [0.2, 0.25) is 0 Å². The Morgan fingerprint density at radius 1 is 0.604 bits per heavy atom. The third-order valence-corrected chi connectivity index (χ3v) is 8.99. The van der Waals surface area contributed by atoms with Crippen LogP contribution in [0, 0.1) is 0 Å². The Morgan fingerprint density at radius 3 is 1.71 bits per heavy atom. The van der Waals surface area contributed by atoms with Crippen LogP contribution in [0.15, 0.2) is 127 Å². The van der Waals surface area contributed by atoms with Crippen LogP contribution in [0.25, 0.3) is 0 Å². The van der Waals surface area contributed by atoms with Crippen molar-refractivity contribution in [3.05, 3.63) is 161 Å². The lowest BCUT2D eigenvalue weighted by molar-refractivity contribution is -0.133. The maximum atomic E-state index is 6.85. The summed E-state index contributed by atoms with van der Waals surface area (Å²) in [5, 5.41) is 0. The van der Waals surface area contributed by atoms with E-state index in [0.29, 0.717) is 57.7 Å². The first-order valence-corrected chi connectivity index (χ1v) is 16.9. The molecule has 2 heterocycles. The normalized spacial score (nSPS) is 18.5. The van der Waals surface area contributed by atoms with E-state index in [2.05, 4.69) is 54.6 Å². The lowest BCUT2D eigenvalue weighted by Crippen LogP contribution is -2.39. The molecule has 0 spiro atoms. The Kier molecular flexibility index (Phi) is 10.3. The van der Waals surface area contributed by atoms with Gasteiger partial charge in [0.1, 0.15) is 37.3 Å². The molecule has 0 amide bonds. The number of benzene rings is 5. The highest BCUT2D eigenvalue weighted by atomic mass is 16.6. The second-order valence-electron chi connectivity index (χ2n) is 12.4. The van der Waals surface area contributed by atoms with Crippen molar-refractivity contribution in [2.75, 3.05) is 19.8 Å². The van der Waals surface area contributed by atoms with Gasteiger partial charge in [-0.25, -0.2) is 0 Å². The molecule has 1 saturated heterocycles. The fourth-order valence-corrected chi connectivity index (χ4v) is 6.46. The van der Waals surface area contributed by atoms with Crippen molar-refractivity contribution >= 4 is 0 Å². The van der Waals surface area contributed by atoms with Crippen LogP contribution in [0.4, 0.5) is 0 Å². The molecule has 7 rings (SSSR count). The van der Waals surface area contributed by atoms with Crippen LogP contribution in [0.5, 0.6) is 17.2 Å². The zero-order valence-electron chi connectivity index (χ0n) is 27.2. The van der Waals surface area contributed by atoms with Crippen molar-refractivity contribution in [1.82, 2.24) is 0 Å². The molecule has 0 aromatic heterocycles. The van der Waals surface area contributed by atoms with Crippen LogP contribution < -0.4 is 14.2 Å². The van der Waals surface area contributed by atoms with E-state index >= 15 is 0 Å². The molecule has 5 aromatic carbocycles. The Morgan fingerprint density at radius 2 is 1.15 bits per heavy atom. The maximum absolute atomic E-state index is 6.85. The average molecular weight is 643 g/mol. The maximum Gasteiger partial charge on any atom is 0.171 e. The van der Waals surface area contributed by atoms with Gasteiger partial charge in [0, 0.05) is 12.2 Å². The summed E-state index contributed by atoms with van der Waals surface area (Å²) < 4.78 is 39.8. The zero-order valence-corrected chi connectivity index (χ0v) is 27.2. The first kappa shape index (κ1) is 32.0. The highest BCUT2D eigenvalue weighted by Gasteiger charge is 2.43. The van der Waals surface area contributed by atoms with Gasteiger partial charge in [0.2, 0.25) is 0 Å². The molecule has 0 saturated carbocycles. The highest BCUT2D eigenvalue weighted by molar-refractivity contribution is 5.62. The summed E-state index contributed by atoms with van der Waals surface area (Å²) >= 11 is 0.